The van der Waals surface area contributed by atoms with Gasteiger partial charge in [0.15, 0.2) is 5.13 Å². The number of carbonyl (C=O) groups excluding carboxylic acids is 1. The molecule has 1 fully saturated rings. The van der Waals surface area contributed by atoms with Crippen LogP contribution in [0.15, 0.2) is 60.0 Å². The van der Waals surface area contributed by atoms with Crippen LogP contribution in [0.2, 0.25) is 0 Å². The number of rotatable bonds is 5. The van der Waals surface area contributed by atoms with Gasteiger partial charge >= 0.3 is 0 Å². The third kappa shape index (κ3) is 5.09. The minimum absolute atomic E-state index is 0.140. The van der Waals surface area contributed by atoms with Crippen LogP contribution in [-0.4, -0.2) is 41.1 Å². The van der Waals surface area contributed by atoms with Crippen molar-refractivity contribution in [3.8, 4) is 11.1 Å². The van der Waals surface area contributed by atoms with Crippen LogP contribution >= 0.6 is 11.3 Å². The van der Waals surface area contributed by atoms with E-state index in [1.54, 1.807) is 0 Å². The average Bonchev–Trinajstić information content (AvgIpc) is 3.14. The van der Waals surface area contributed by atoms with E-state index in [9.17, 15) is 4.79 Å². The number of aromatic nitrogens is 1. The zero-order chi connectivity index (χ0) is 20.2. The number of carbonyl (C=O) groups is 1. The Morgan fingerprint density at radius 3 is 2.41 bits per heavy atom. The lowest BCUT2D eigenvalue weighted by Crippen LogP contribution is -2.44. The average molecular weight is 408 g/mol. The van der Waals surface area contributed by atoms with E-state index in [0.29, 0.717) is 10.7 Å². The number of nitrogens with one attached hydrogen (secondary N) is 1. The van der Waals surface area contributed by atoms with Gasteiger partial charge in [0.05, 0.1) is 17.9 Å². The minimum Gasteiger partial charge on any atom is -0.373 e. The Balaban J connectivity index is 1.36. The number of nitrogens with zero attached hydrogens (tertiary/aromatic N) is 2. The predicted octanol–water partition coefficient (Wildman–Crippen LogP) is 4.67. The van der Waals surface area contributed by atoms with Gasteiger partial charge in [0.2, 0.25) is 0 Å². The molecule has 4 rings (SSSR count). The van der Waals surface area contributed by atoms with Crippen molar-refractivity contribution < 1.29 is 9.53 Å². The highest BCUT2D eigenvalue weighted by atomic mass is 32.1. The van der Waals surface area contributed by atoms with Gasteiger partial charge in [-0.05, 0) is 37.1 Å². The normalized spacial score (nSPS) is 19.8. The Labute approximate surface area is 175 Å². The highest BCUT2D eigenvalue weighted by Crippen LogP contribution is 2.22. The number of hydrogen-bond donors (Lipinski definition) is 1. The van der Waals surface area contributed by atoms with Gasteiger partial charge in [0.25, 0.3) is 5.91 Å². The molecule has 1 aliphatic heterocycles. The van der Waals surface area contributed by atoms with Crippen molar-refractivity contribution in [2.75, 3.05) is 18.4 Å². The van der Waals surface area contributed by atoms with Crippen molar-refractivity contribution in [3.05, 3.63) is 71.2 Å². The maximum Gasteiger partial charge on any atom is 0.257 e. The van der Waals surface area contributed by atoms with Crippen LogP contribution in [0.25, 0.3) is 11.1 Å². The number of hydrogen-bond acceptors (Lipinski definition) is 5. The Hall–Kier alpha value is -2.54. The first kappa shape index (κ1) is 19.8. The Bertz CT molecular complexity index is 946. The van der Waals surface area contributed by atoms with E-state index in [1.165, 1.54) is 11.3 Å². The standard InChI is InChI=1S/C23H25N3O2S/c1-16-12-26(13-17(2)28-16)14-21-15-29-23(24-21)25-22(27)20-10-8-19(9-11-20)18-6-4-3-5-7-18/h3-11,15-17H,12-14H2,1-2H3,(H,24,25,27). The second-order valence-corrected chi connectivity index (χ2v) is 8.35. The molecular formula is C23H25N3O2S. The van der Waals surface area contributed by atoms with E-state index in [1.807, 2.05) is 47.8 Å². The molecule has 6 heteroatoms. The van der Waals surface area contributed by atoms with Gasteiger partial charge in [-0.3, -0.25) is 15.0 Å². The molecule has 5 nitrogen and oxygen atoms in total. The SMILES string of the molecule is CC1CN(Cc2csc(NC(=O)c3ccc(-c4ccccc4)cc3)n2)CC(C)O1. The maximum atomic E-state index is 12.6. The molecule has 1 amide bonds. The molecule has 0 radical (unpaired) electrons. The molecule has 0 spiro atoms. The molecule has 0 aliphatic carbocycles. The van der Waals surface area contributed by atoms with Crippen molar-refractivity contribution in [2.45, 2.75) is 32.6 Å². The lowest BCUT2D eigenvalue weighted by atomic mass is 10.0. The molecule has 0 bridgehead atoms. The topological polar surface area (TPSA) is 54.5 Å². The molecule has 1 saturated heterocycles. The molecule has 2 heterocycles. The predicted molar refractivity (Wildman–Crippen MR) is 117 cm³/mol. The van der Waals surface area contributed by atoms with Crippen molar-refractivity contribution in [1.82, 2.24) is 9.88 Å². The molecule has 1 N–H and O–H groups in total. The summed E-state index contributed by atoms with van der Waals surface area (Å²) in [5.41, 5.74) is 3.83. The molecule has 3 aromatic rings. The van der Waals surface area contributed by atoms with Gasteiger partial charge in [-0.15, -0.1) is 11.3 Å². The molecule has 150 valence electrons. The van der Waals surface area contributed by atoms with Crippen molar-refractivity contribution >= 4 is 22.4 Å². The number of ether oxygens (including phenoxy) is 1. The molecular weight excluding hydrogens is 382 g/mol. The summed E-state index contributed by atoms with van der Waals surface area (Å²) >= 11 is 1.46. The van der Waals surface area contributed by atoms with Crippen LogP contribution in [0, 0.1) is 0 Å². The van der Waals surface area contributed by atoms with Crippen molar-refractivity contribution in [1.29, 1.82) is 0 Å². The summed E-state index contributed by atoms with van der Waals surface area (Å²) in [6.07, 6.45) is 0.464. The van der Waals surface area contributed by atoms with Crippen LogP contribution in [-0.2, 0) is 11.3 Å². The smallest absolute Gasteiger partial charge is 0.257 e. The maximum absolute atomic E-state index is 12.6. The van der Waals surface area contributed by atoms with Crippen LogP contribution in [0.3, 0.4) is 0 Å². The monoisotopic (exact) mass is 407 g/mol. The van der Waals surface area contributed by atoms with Crippen LogP contribution in [0.5, 0.6) is 0 Å². The third-order valence-corrected chi connectivity index (χ3v) is 5.71. The third-order valence-electron chi connectivity index (χ3n) is 4.91. The molecule has 2 unspecified atom stereocenters. The summed E-state index contributed by atoms with van der Waals surface area (Å²) in [6, 6.07) is 17.8. The van der Waals surface area contributed by atoms with Gasteiger partial charge in [-0.1, -0.05) is 42.5 Å². The zero-order valence-corrected chi connectivity index (χ0v) is 17.5. The van der Waals surface area contributed by atoms with Crippen molar-refractivity contribution in [2.24, 2.45) is 0 Å². The first-order chi connectivity index (χ1) is 14.1. The largest absolute Gasteiger partial charge is 0.373 e. The summed E-state index contributed by atoms with van der Waals surface area (Å²) in [6.45, 7) is 6.77. The highest BCUT2D eigenvalue weighted by molar-refractivity contribution is 7.13. The lowest BCUT2D eigenvalue weighted by molar-refractivity contribution is -0.0707. The second-order valence-electron chi connectivity index (χ2n) is 7.49. The van der Waals surface area contributed by atoms with Gasteiger partial charge in [0.1, 0.15) is 0 Å². The summed E-state index contributed by atoms with van der Waals surface area (Å²) in [5, 5.41) is 5.56. The van der Waals surface area contributed by atoms with Gasteiger partial charge in [-0.2, -0.15) is 0 Å². The van der Waals surface area contributed by atoms with E-state index in [4.69, 9.17) is 4.74 Å². The van der Waals surface area contributed by atoms with E-state index >= 15 is 0 Å². The molecule has 1 aliphatic rings. The molecule has 29 heavy (non-hydrogen) atoms. The number of amides is 1. The molecule has 1 aromatic heterocycles. The summed E-state index contributed by atoms with van der Waals surface area (Å²) < 4.78 is 5.78. The Morgan fingerprint density at radius 2 is 1.72 bits per heavy atom. The molecule has 0 saturated carbocycles. The molecule has 2 aromatic carbocycles. The zero-order valence-electron chi connectivity index (χ0n) is 16.7. The first-order valence-electron chi connectivity index (χ1n) is 9.86. The summed E-state index contributed by atoms with van der Waals surface area (Å²) in [5.74, 6) is -0.140. The fraction of sp³-hybridized carbons (Fsp3) is 0.304. The number of anilines is 1. The quantitative estimate of drug-likeness (QED) is 0.668. The summed E-state index contributed by atoms with van der Waals surface area (Å²) in [7, 11) is 0. The van der Waals surface area contributed by atoms with E-state index < -0.39 is 0 Å². The van der Waals surface area contributed by atoms with Gasteiger partial charge < -0.3 is 4.74 Å². The molecule has 2 atom stereocenters. The van der Waals surface area contributed by atoms with Crippen LogP contribution < -0.4 is 5.32 Å². The van der Waals surface area contributed by atoms with E-state index in [2.05, 4.69) is 41.2 Å². The fourth-order valence-corrected chi connectivity index (χ4v) is 4.39. The van der Waals surface area contributed by atoms with Crippen LogP contribution in [0.1, 0.15) is 29.9 Å². The van der Waals surface area contributed by atoms with E-state index in [-0.39, 0.29) is 18.1 Å². The Morgan fingerprint density at radius 1 is 1.07 bits per heavy atom. The number of morpholine rings is 1. The second kappa shape index (κ2) is 8.86. The van der Waals surface area contributed by atoms with Crippen molar-refractivity contribution in [3.63, 3.8) is 0 Å². The minimum atomic E-state index is -0.140. The fourth-order valence-electron chi connectivity index (χ4n) is 3.69. The van der Waals surface area contributed by atoms with E-state index in [0.717, 1.165) is 36.5 Å². The highest BCUT2D eigenvalue weighted by Gasteiger charge is 2.22. The van der Waals surface area contributed by atoms with Crippen LogP contribution in [0.4, 0.5) is 5.13 Å². The van der Waals surface area contributed by atoms with Gasteiger partial charge in [-0.25, -0.2) is 4.98 Å². The van der Waals surface area contributed by atoms with Gasteiger partial charge in [0, 0.05) is 30.6 Å². The first-order valence-corrected chi connectivity index (χ1v) is 10.7. The Kier molecular flexibility index (Phi) is 6.04. The number of benzene rings is 2. The summed E-state index contributed by atoms with van der Waals surface area (Å²) in [4.78, 5) is 19.5. The number of thiazole rings is 1. The lowest BCUT2D eigenvalue weighted by Gasteiger charge is -2.34.